The van der Waals surface area contributed by atoms with Crippen molar-refractivity contribution in [2.75, 3.05) is 13.7 Å². The molecule has 0 saturated heterocycles. The van der Waals surface area contributed by atoms with Crippen molar-refractivity contribution in [1.82, 2.24) is 19.4 Å². The van der Waals surface area contributed by atoms with Gasteiger partial charge in [0.15, 0.2) is 0 Å². The molecule has 6 nitrogen and oxygen atoms in total. The Morgan fingerprint density at radius 3 is 2.76 bits per heavy atom. The number of aryl methyl sites for hydroxylation is 1. The number of methoxy groups -OCH3 is 1. The van der Waals surface area contributed by atoms with E-state index in [1.165, 1.54) is 5.69 Å². The van der Waals surface area contributed by atoms with Crippen LogP contribution in [0, 0.1) is 13.8 Å². The van der Waals surface area contributed by atoms with Crippen molar-refractivity contribution in [3.8, 4) is 5.88 Å². The third kappa shape index (κ3) is 2.54. The van der Waals surface area contributed by atoms with E-state index in [-0.39, 0.29) is 5.91 Å². The number of hydrogen-bond acceptors (Lipinski definition) is 4. The topological polar surface area (TPSA) is 60.2 Å². The van der Waals surface area contributed by atoms with Gasteiger partial charge in [-0.1, -0.05) is 18.2 Å². The van der Waals surface area contributed by atoms with Crippen molar-refractivity contribution in [2.24, 2.45) is 0 Å². The Labute approximate surface area is 146 Å². The third-order valence-corrected chi connectivity index (χ3v) is 4.88. The van der Waals surface area contributed by atoms with Crippen LogP contribution in [-0.2, 0) is 13.1 Å². The Balaban J connectivity index is 1.73. The molecule has 1 aromatic carbocycles. The molecule has 1 amide bonds. The van der Waals surface area contributed by atoms with E-state index in [4.69, 9.17) is 4.74 Å². The number of carbonyl (C=O) groups excluding carboxylic acids is 1. The number of nitrogens with zero attached hydrogens (tertiary/aromatic N) is 4. The summed E-state index contributed by atoms with van der Waals surface area (Å²) in [4.78, 5) is 24.1. The molecule has 0 spiro atoms. The van der Waals surface area contributed by atoms with Crippen LogP contribution >= 0.6 is 0 Å². The number of imidazole rings is 1. The lowest BCUT2D eigenvalue weighted by atomic mass is 10.1. The second-order valence-electron chi connectivity index (χ2n) is 6.31. The molecule has 3 aromatic rings. The van der Waals surface area contributed by atoms with Crippen LogP contribution in [0.1, 0.15) is 27.6 Å². The lowest BCUT2D eigenvalue weighted by molar-refractivity contribution is 0.0708. The van der Waals surface area contributed by atoms with Crippen LogP contribution in [0.4, 0.5) is 0 Å². The zero-order valence-corrected chi connectivity index (χ0v) is 14.6. The predicted molar refractivity (Wildman–Crippen MR) is 94.7 cm³/mol. The van der Waals surface area contributed by atoms with Crippen molar-refractivity contribution in [3.63, 3.8) is 0 Å². The molecule has 4 rings (SSSR count). The minimum Gasteiger partial charge on any atom is -0.481 e. The monoisotopic (exact) mass is 336 g/mol. The van der Waals surface area contributed by atoms with Crippen molar-refractivity contribution in [3.05, 3.63) is 53.1 Å². The van der Waals surface area contributed by atoms with E-state index >= 15 is 0 Å². The van der Waals surface area contributed by atoms with E-state index in [2.05, 4.69) is 21.5 Å². The standard InChI is InChI=1S/C19H20N4O2/c1-12-13(2)23-9-8-22(11-17(23)20-12)19(24)15-10-18(25-3)21-16-7-5-4-6-14(15)16/h4-7,10H,8-9,11H2,1-3H3. The number of carbonyl (C=O) groups is 1. The molecule has 0 atom stereocenters. The molecule has 0 unspecified atom stereocenters. The van der Waals surface area contributed by atoms with Gasteiger partial charge < -0.3 is 14.2 Å². The minimum atomic E-state index is -0.0125. The molecule has 25 heavy (non-hydrogen) atoms. The number of aromatic nitrogens is 3. The van der Waals surface area contributed by atoms with Crippen LogP contribution in [0.2, 0.25) is 0 Å². The van der Waals surface area contributed by atoms with Gasteiger partial charge in [0.25, 0.3) is 5.91 Å². The lowest BCUT2D eigenvalue weighted by Crippen LogP contribution is -2.38. The first kappa shape index (κ1) is 15.6. The molecule has 128 valence electrons. The van der Waals surface area contributed by atoms with Crippen LogP contribution in [0.25, 0.3) is 10.9 Å². The fourth-order valence-corrected chi connectivity index (χ4v) is 3.39. The number of para-hydroxylation sites is 1. The molecule has 1 aliphatic rings. The molecule has 6 heteroatoms. The minimum absolute atomic E-state index is 0.0125. The number of benzene rings is 1. The fourth-order valence-electron chi connectivity index (χ4n) is 3.39. The predicted octanol–water partition coefficient (Wildman–Crippen LogP) is 2.71. The Bertz CT molecular complexity index is 977. The molecule has 2 aromatic heterocycles. The van der Waals surface area contributed by atoms with Gasteiger partial charge in [-0.3, -0.25) is 4.79 Å². The number of pyridine rings is 1. The number of hydrogen-bond donors (Lipinski definition) is 0. The Kier molecular flexibility index (Phi) is 3.67. The van der Waals surface area contributed by atoms with Crippen molar-refractivity contribution in [1.29, 1.82) is 0 Å². The van der Waals surface area contributed by atoms with Gasteiger partial charge in [0, 0.05) is 30.2 Å². The Hall–Kier alpha value is -2.89. The molecular weight excluding hydrogens is 316 g/mol. The third-order valence-electron chi connectivity index (χ3n) is 4.88. The fraction of sp³-hybridized carbons (Fsp3) is 0.316. The summed E-state index contributed by atoms with van der Waals surface area (Å²) in [5.41, 5.74) is 3.59. The molecule has 1 aliphatic heterocycles. The van der Waals surface area contributed by atoms with E-state index in [0.29, 0.717) is 24.5 Å². The number of ether oxygens (including phenoxy) is 1. The SMILES string of the molecule is COc1cc(C(=O)N2CCn3c(nc(C)c3C)C2)c2ccccc2n1. The molecule has 0 saturated carbocycles. The van der Waals surface area contributed by atoms with Gasteiger partial charge in [0.1, 0.15) is 5.82 Å². The van der Waals surface area contributed by atoms with Gasteiger partial charge in [-0.05, 0) is 19.9 Å². The van der Waals surface area contributed by atoms with Gasteiger partial charge in [-0.2, -0.15) is 0 Å². The van der Waals surface area contributed by atoms with Crippen LogP contribution in [0.15, 0.2) is 30.3 Å². The van der Waals surface area contributed by atoms with E-state index < -0.39 is 0 Å². The van der Waals surface area contributed by atoms with Crippen LogP contribution < -0.4 is 4.74 Å². The number of fused-ring (bicyclic) bond motifs is 2. The summed E-state index contributed by atoms with van der Waals surface area (Å²) in [5, 5.41) is 0.842. The maximum absolute atomic E-state index is 13.2. The summed E-state index contributed by atoms with van der Waals surface area (Å²) in [6.45, 7) is 6.04. The molecule has 0 N–H and O–H groups in total. The first-order chi connectivity index (χ1) is 12.1. The number of rotatable bonds is 2. The zero-order chi connectivity index (χ0) is 17.6. The molecule has 0 aliphatic carbocycles. The summed E-state index contributed by atoms with van der Waals surface area (Å²) in [7, 11) is 1.56. The average Bonchev–Trinajstić information content (AvgIpc) is 2.93. The van der Waals surface area contributed by atoms with Crippen molar-refractivity contribution < 1.29 is 9.53 Å². The highest BCUT2D eigenvalue weighted by molar-refractivity contribution is 6.06. The van der Waals surface area contributed by atoms with Crippen LogP contribution in [0.5, 0.6) is 5.88 Å². The average molecular weight is 336 g/mol. The van der Waals surface area contributed by atoms with Gasteiger partial charge >= 0.3 is 0 Å². The molecule has 3 heterocycles. The second-order valence-corrected chi connectivity index (χ2v) is 6.31. The summed E-state index contributed by atoms with van der Waals surface area (Å²) < 4.78 is 7.48. The number of amides is 1. The van der Waals surface area contributed by atoms with Crippen molar-refractivity contribution in [2.45, 2.75) is 26.9 Å². The maximum Gasteiger partial charge on any atom is 0.255 e. The second kappa shape index (κ2) is 5.88. The van der Waals surface area contributed by atoms with Crippen LogP contribution in [0.3, 0.4) is 0 Å². The zero-order valence-electron chi connectivity index (χ0n) is 14.6. The molecule has 0 fully saturated rings. The largest absolute Gasteiger partial charge is 0.481 e. The van der Waals surface area contributed by atoms with E-state index in [9.17, 15) is 4.79 Å². The van der Waals surface area contributed by atoms with E-state index in [0.717, 1.165) is 29.0 Å². The van der Waals surface area contributed by atoms with Gasteiger partial charge in [-0.25, -0.2) is 9.97 Å². The van der Waals surface area contributed by atoms with Crippen molar-refractivity contribution >= 4 is 16.8 Å². The Morgan fingerprint density at radius 2 is 1.96 bits per heavy atom. The van der Waals surface area contributed by atoms with E-state index in [1.54, 1.807) is 13.2 Å². The molecule has 0 bridgehead atoms. The maximum atomic E-state index is 13.2. The highest BCUT2D eigenvalue weighted by Crippen LogP contribution is 2.25. The highest BCUT2D eigenvalue weighted by Gasteiger charge is 2.26. The first-order valence-corrected chi connectivity index (χ1v) is 8.34. The highest BCUT2D eigenvalue weighted by atomic mass is 16.5. The summed E-state index contributed by atoms with van der Waals surface area (Å²) in [5.74, 6) is 1.38. The van der Waals surface area contributed by atoms with Crippen LogP contribution in [-0.4, -0.2) is 39.0 Å². The molecule has 0 radical (unpaired) electrons. The lowest BCUT2D eigenvalue weighted by Gasteiger charge is -2.28. The quantitative estimate of drug-likeness (QED) is 0.722. The van der Waals surface area contributed by atoms with Gasteiger partial charge in [-0.15, -0.1) is 0 Å². The normalized spacial score (nSPS) is 13.8. The van der Waals surface area contributed by atoms with Gasteiger partial charge in [0.2, 0.25) is 5.88 Å². The summed E-state index contributed by atoms with van der Waals surface area (Å²) in [6.07, 6.45) is 0. The first-order valence-electron chi connectivity index (χ1n) is 8.34. The molecular formula is C19H20N4O2. The van der Waals surface area contributed by atoms with E-state index in [1.807, 2.05) is 36.1 Å². The smallest absolute Gasteiger partial charge is 0.255 e. The Morgan fingerprint density at radius 1 is 1.16 bits per heavy atom. The summed E-state index contributed by atoms with van der Waals surface area (Å²) >= 11 is 0. The van der Waals surface area contributed by atoms with Gasteiger partial charge in [0.05, 0.1) is 30.4 Å². The summed E-state index contributed by atoms with van der Waals surface area (Å²) in [6, 6.07) is 9.37.